The summed E-state index contributed by atoms with van der Waals surface area (Å²) < 4.78 is 11.6. The number of ether oxygens (including phenoxy) is 2. The predicted octanol–water partition coefficient (Wildman–Crippen LogP) is -0.0271. The summed E-state index contributed by atoms with van der Waals surface area (Å²) in [6.45, 7) is 6.53. The fourth-order valence-electron chi connectivity index (χ4n) is 4.69. The quantitative estimate of drug-likeness (QED) is 0.339. The molecule has 10 heteroatoms. The van der Waals surface area contributed by atoms with Crippen LogP contribution >= 0.6 is 0 Å². The van der Waals surface area contributed by atoms with Crippen molar-refractivity contribution in [2.45, 2.75) is 45.0 Å². The zero-order valence-electron chi connectivity index (χ0n) is 17.6. The van der Waals surface area contributed by atoms with Crippen molar-refractivity contribution in [2.24, 2.45) is 17.6 Å². The van der Waals surface area contributed by atoms with Gasteiger partial charge in [-0.15, -0.1) is 0 Å². The molecule has 0 spiro atoms. The van der Waals surface area contributed by atoms with Gasteiger partial charge >= 0.3 is 6.09 Å². The van der Waals surface area contributed by atoms with E-state index < -0.39 is 17.7 Å². The Morgan fingerprint density at radius 2 is 2.00 bits per heavy atom. The van der Waals surface area contributed by atoms with E-state index in [0.717, 1.165) is 6.42 Å². The van der Waals surface area contributed by atoms with E-state index in [9.17, 15) is 14.7 Å². The summed E-state index contributed by atoms with van der Waals surface area (Å²) in [7, 11) is 1.58. The molecule has 3 heterocycles. The van der Waals surface area contributed by atoms with Crippen LogP contribution in [0.25, 0.3) is 0 Å². The number of fused-ring (bicyclic) bond motifs is 4. The highest BCUT2D eigenvalue weighted by Gasteiger charge is 2.72. The van der Waals surface area contributed by atoms with Crippen molar-refractivity contribution in [3.05, 3.63) is 22.6 Å². The molecule has 2 fully saturated rings. The third-order valence-corrected chi connectivity index (χ3v) is 6.10. The van der Waals surface area contributed by atoms with Gasteiger partial charge in [0.25, 0.3) is 0 Å². The molecule has 0 aromatic carbocycles. The van der Waals surface area contributed by atoms with Crippen molar-refractivity contribution in [1.29, 1.82) is 0 Å². The number of carboxylic acid groups (broad SMARTS) is 1. The summed E-state index contributed by atoms with van der Waals surface area (Å²) >= 11 is 0. The van der Waals surface area contributed by atoms with Crippen LogP contribution in [0.3, 0.4) is 0 Å². The number of rotatable bonds is 6. The molecule has 4 aliphatic rings. The van der Waals surface area contributed by atoms with Gasteiger partial charge in [-0.05, 0) is 19.3 Å². The Morgan fingerprint density at radius 3 is 2.53 bits per heavy atom. The third-order valence-electron chi connectivity index (χ3n) is 6.10. The van der Waals surface area contributed by atoms with Gasteiger partial charge in [0, 0.05) is 30.8 Å². The number of hydrogen-bond acceptors (Lipinski definition) is 8. The number of piperazine rings is 1. The molecule has 4 rings (SSSR count). The molecule has 166 valence electrons. The largest absolute Gasteiger partial charge is 0.489 e. The first-order valence-electron chi connectivity index (χ1n) is 9.97. The van der Waals surface area contributed by atoms with E-state index in [4.69, 9.17) is 19.4 Å². The number of ketones is 2. The second kappa shape index (κ2) is 8.01. The summed E-state index contributed by atoms with van der Waals surface area (Å²) in [4.78, 5) is 37.0. The van der Waals surface area contributed by atoms with Crippen molar-refractivity contribution < 1.29 is 34.1 Å². The highest BCUT2D eigenvalue weighted by Crippen LogP contribution is 2.55. The fourth-order valence-corrected chi connectivity index (χ4v) is 4.69. The number of allylic oxidation sites excluding steroid dienone is 2. The first kappa shape index (κ1) is 22.3. The van der Waals surface area contributed by atoms with Crippen molar-refractivity contribution >= 4 is 17.7 Å². The minimum absolute atomic E-state index is 0.0152. The summed E-state index contributed by atoms with van der Waals surface area (Å²) in [6, 6.07) is 0.246. The Labute approximate surface area is 174 Å². The molecule has 0 radical (unpaired) electrons. The maximum absolute atomic E-state index is 13.2. The van der Waals surface area contributed by atoms with E-state index in [0.29, 0.717) is 35.9 Å². The lowest BCUT2D eigenvalue weighted by Crippen LogP contribution is -2.54. The van der Waals surface area contributed by atoms with Crippen molar-refractivity contribution in [3.8, 4) is 0 Å². The Kier molecular flexibility index (Phi) is 5.94. The number of nitrogens with two attached hydrogens (primary N) is 1. The number of nitrogens with one attached hydrogen (secondary N) is 1. The molecule has 4 unspecified atom stereocenters. The lowest BCUT2D eigenvalue weighted by molar-refractivity contribution is -0.137. The van der Waals surface area contributed by atoms with Crippen LogP contribution in [0.4, 0.5) is 4.79 Å². The molecule has 2 saturated heterocycles. The molecular formula is C20H29N3O7. The summed E-state index contributed by atoms with van der Waals surface area (Å²) in [5.74, 6) is -0.487. The van der Waals surface area contributed by atoms with Gasteiger partial charge in [0.05, 0.1) is 30.9 Å². The van der Waals surface area contributed by atoms with Crippen molar-refractivity contribution in [2.75, 3.05) is 26.9 Å². The SMILES string of the molecule is COC12C(CO)C3=C(C(=O)C(C)=C(OCCC(C)C)C3=O)N1CC1NC12.NC(=O)O. The topological polar surface area (TPSA) is 161 Å². The van der Waals surface area contributed by atoms with Crippen LogP contribution in [0.1, 0.15) is 27.2 Å². The minimum Gasteiger partial charge on any atom is -0.489 e. The van der Waals surface area contributed by atoms with Crippen LogP contribution < -0.4 is 11.1 Å². The Bertz CT molecular complexity index is 830. The molecule has 1 aliphatic carbocycles. The third kappa shape index (κ3) is 3.28. The zero-order valence-corrected chi connectivity index (χ0v) is 17.6. The maximum atomic E-state index is 13.2. The van der Waals surface area contributed by atoms with Gasteiger partial charge < -0.3 is 35.6 Å². The fraction of sp³-hybridized carbons (Fsp3) is 0.650. The van der Waals surface area contributed by atoms with Crippen LogP contribution in [0, 0.1) is 11.8 Å². The van der Waals surface area contributed by atoms with E-state index in [2.05, 4.69) is 24.9 Å². The number of amides is 1. The second-order valence-corrected chi connectivity index (χ2v) is 8.30. The zero-order chi connectivity index (χ0) is 22.4. The van der Waals surface area contributed by atoms with Gasteiger partial charge in [-0.3, -0.25) is 9.59 Å². The molecule has 30 heavy (non-hydrogen) atoms. The van der Waals surface area contributed by atoms with Crippen molar-refractivity contribution in [1.82, 2.24) is 10.2 Å². The maximum Gasteiger partial charge on any atom is 0.402 e. The molecule has 0 saturated carbocycles. The van der Waals surface area contributed by atoms with E-state index >= 15 is 0 Å². The number of aliphatic hydroxyl groups excluding tert-OH is 1. The summed E-state index contributed by atoms with van der Waals surface area (Å²) in [6.07, 6.45) is -0.532. The minimum atomic E-state index is -1.33. The van der Waals surface area contributed by atoms with Gasteiger partial charge in [-0.25, -0.2) is 4.79 Å². The van der Waals surface area contributed by atoms with E-state index in [1.165, 1.54) is 0 Å². The van der Waals surface area contributed by atoms with Crippen LogP contribution in [0.15, 0.2) is 22.6 Å². The molecule has 0 aromatic rings. The molecule has 0 aromatic heterocycles. The van der Waals surface area contributed by atoms with Gasteiger partial charge in [0.15, 0.2) is 11.5 Å². The van der Waals surface area contributed by atoms with Crippen LogP contribution in [-0.4, -0.2) is 77.4 Å². The van der Waals surface area contributed by atoms with Gasteiger partial charge in [-0.1, -0.05) is 13.8 Å². The molecule has 3 aliphatic heterocycles. The van der Waals surface area contributed by atoms with Gasteiger partial charge in [-0.2, -0.15) is 0 Å². The smallest absolute Gasteiger partial charge is 0.402 e. The number of carbonyl (C=O) groups is 3. The van der Waals surface area contributed by atoms with E-state index in [1.807, 2.05) is 4.90 Å². The standard InChI is InChI=1S/C19H26N2O5.CH3NO2/c1-9(2)5-6-26-17-10(3)15(23)14-13(16(17)24)11(8-22)19(25-4)18-12(20-18)7-21(14)19;2-1(3)4/h9,11-12,18,20,22H,5-8H2,1-4H3;2H2,(H,3,4). The molecule has 0 bridgehead atoms. The van der Waals surface area contributed by atoms with E-state index in [-0.39, 0.29) is 36.0 Å². The number of aliphatic hydroxyl groups is 1. The Hall–Kier alpha value is -2.43. The first-order valence-corrected chi connectivity index (χ1v) is 9.97. The number of Topliss-reactive ketones (excluding diaryl/α,β-unsaturated/α-hetero) is 2. The monoisotopic (exact) mass is 423 g/mol. The number of nitrogens with zero attached hydrogens (tertiary/aromatic N) is 1. The summed E-state index contributed by atoms with van der Waals surface area (Å²) in [5, 5.41) is 20.6. The Morgan fingerprint density at radius 1 is 1.37 bits per heavy atom. The predicted molar refractivity (Wildman–Crippen MR) is 105 cm³/mol. The molecule has 5 N–H and O–H groups in total. The first-order chi connectivity index (χ1) is 14.1. The highest BCUT2D eigenvalue weighted by molar-refractivity contribution is 6.25. The Balaban J connectivity index is 0.000000589. The average molecular weight is 423 g/mol. The second-order valence-electron chi connectivity index (χ2n) is 8.30. The number of hydrogen-bond donors (Lipinski definition) is 4. The number of primary amides is 1. The van der Waals surface area contributed by atoms with Crippen LogP contribution in [-0.2, 0) is 19.1 Å². The lowest BCUT2D eigenvalue weighted by Gasteiger charge is -2.39. The normalized spacial score (nSPS) is 31.4. The summed E-state index contributed by atoms with van der Waals surface area (Å²) in [5.41, 5.74) is 4.23. The van der Waals surface area contributed by atoms with Gasteiger partial charge in [0.2, 0.25) is 11.6 Å². The lowest BCUT2D eigenvalue weighted by atomic mass is 9.83. The molecule has 1 amide bonds. The molecular weight excluding hydrogens is 394 g/mol. The number of methoxy groups -OCH3 is 1. The molecule has 10 nitrogen and oxygen atoms in total. The molecule has 4 atom stereocenters. The van der Waals surface area contributed by atoms with Crippen LogP contribution in [0.2, 0.25) is 0 Å². The van der Waals surface area contributed by atoms with Crippen LogP contribution in [0.5, 0.6) is 0 Å². The average Bonchev–Trinajstić information content (AvgIpc) is 3.27. The number of carbonyl (C=O) groups excluding carboxylic acids is 2. The highest BCUT2D eigenvalue weighted by atomic mass is 16.5. The van der Waals surface area contributed by atoms with Gasteiger partial charge in [0.1, 0.15) is 0 Å². The van der Waals surface area contributed by atoms with E-state index in [1.54, 1.807) is 14.0 Å². The van der Waals surface area contributed by atoms with Crippen molar-refractivity contribution in [3.63, 3.8) is 0 Å².